The molecule has 11 heteroatoms. The molecule has 420 valence electrons. The summed E-state index contributed by atoms with van der Waals surface area (Å²) in [5.74, 6) is -1.20. The van der Waals surface area contributed by atoms with E-state index in [0.29, 0.717) is 12.8 Å². The molecule has 11 nitrogen and oxygen atoms in total. The number of carbonyl (C=O) groups is 2. The Labute approximate surface area is 440 Å². The molecule has 1 saturated heterocycles. The van der Waals surface area contributed by atoms with E-state index < -0.39 is 67.4 Å². The summed E-state index contributed by atoms with van der Waals surface area (Å²) < 4.78 is 17.5. The van der Waals surface area contributed by atoms with E-state index in [1.807, 2.05) is 6.08 Å². The van der Waals surface area contributed by atoms with Crippen molar-refractivity contribution in [2.24, 2.45) is 0 Å². The van der Waals surface area contributed by atoms with Crippen LogP contribution in [0.3, 0.4) is 0 Å². The molecule has 1 rings (SSSR count). The highest BCUT2D eigenvalue weighted by Crippen LogP contribution is 2.26. The first kappa shape index (κ1) is 67.6. The minimum Gasteiger partial charge on any atom is -0.454 e. The van der Waals surface area contributed by atoms with E-state index >= 15 is 0 Å². The van der Waals surface area contributed by atoms with Gasteiger partial charge in [0.1, 0.15) is 24.4 Å². The first-order valence-electron chi connectivity index (χ1n) is 29.9. The number of hydrogen-bond acceptors (Lipinski definition) is 10. The number of allylic oxidation sites excluding steroid dienone is 7. The maximum absolute atomic E-state index is 13.4. The Morgan fingerprint density at radius 3 is 1.50 bits per heavy atom. The van der Waals surface area contributed by atoms with Crippen molar-refractivity contribution in [3.8, 4) is 0 Å². The van der Waals surface area contributed by atoms with Crippen molar-refractivity contribution in [2.75, 3.05) is 13.2 Å². The van der Waals surface area contributed by atoms with Crippen LogP contribution >= 0.6 is 0 Å². The number of rotatable bonds is 50. The van der Waals surface area contributed by atoms with Crippen LogP contribution in [-0.2, 0) is 23.8 Å². The van der Waals surface area contributed by atoms with Crippen molar-refractivity contribution < 1.29 is 49.3 Å². The second-order valence-corrected chi connectivity index (χ2v) is 20.7. The Morgan fingerprint density at radius 2 is 0.972 bits per heavy atom. The second-order valence-electron chi connectivity index (χ2n) is 20.7. The lowest BCUT2D eigenvalue weighted by atomic mass is 9.99. The molecule has 0 spiro atoms. The Balaban J connectivity index is 2.68. The van der Waals surface area contributed by atoms with E-state index in [1.165, 1.54) is 128 Å². The van der Waals surface area contributed by atoms with Crippen LogP contribution in [-0.4, -0.2) is 99.6 Å². The van der Waals surface area contributed by atoms with Crippen LogP contribution < -0.4 is 5.32 Å². The Morgan fingerprint density at radius 1 is 0.542 bits per heavy atom. The summed E-state index contributed by atoms with van der Waals surface area (Å²) in [7, 11) is 0. The van der Waals surface area contributed by atoms with Crippen molar-refractivity contribution in [2.45, 2.75) is 314 Å². The Hall–Kier alpha value is -2.38. The average molecular weight is 1020 g/mol. The summed E-state index contributed by atoms with van der Waals surface area (Å²) in [6.45, 7) is 5.71. The summed E-state index contributed by atoms with van der Waals surface area (Å²) in [6.07, 6.45) is 48.7. The lowest BCUT2D eigenvalue weighted by molar-refractivity contribution is -0.305. The van der Waals surface area contributed by atoms with Crippen LogP contribution in [0, 0.1) is 0 Å². The maximum atomic E-state index is 13.4. The number of esters is 1. The lowest BCUT2D eigenvalue weighted by Crippen LogP contribution is -2.61. The highest BCUT2D eigenvalue weighted by Gasteiger charge is 2.47. The lowest BCUT2D eigenvalue weighted by Gasteiger charge is -2.41. The van der Waals surface area contributed by atoms with Gasteiger partial charge in [-0.05, 0) is 77.0 Å². The zero-order chi connectivity index (χ0) is 52.5. The van der Waals surface area contributed by atoms with Gasteiger partial charge in [-0.15, -0.1) is 0 Å². The fourth-order valence-corrected chi connectivity index (χ4v) is 9.13. The normalized spacial score (nSPS) is 19.8. The molecule has 8 unspecified atom stereocenters. The minimum atomic E-state index is -1.61. The largest absolute Gasteiger partial charge is 0.454 e. The molecule has 0 aromatic heterocycles. The fourth-order valence-electron chi connectivity index (χ4n) is 9.13. The van der Waals surface area contributed by atoms with Crippen molar-refractivity contribution in [1.29, 1.82) is 0 Å². The smallest absolute Gasteiger partial charge is 0.306 e. The number of hydrogen-bond donors (Lipinski definition) is 6. The predicted molar refractivity (Wildman–Crippen MR) is 297 cm³/mol. The molecule has 0 aromatic rings. The number of amides is 1. The zero-order valence-corrected chi connectivity index (χ0v) is 46.3. The third-order valence-corrected chi connectivity index (χ3v) is 14.0. The third kappa shape index (κ3) is 37.4. The van der Waals surface area contributed by atoms with Crippen molar-refractivity contribution in [1.82, 2.24) is 5.32 Å². The van der Waals surface area contributed by atoms with Gasteiger partial charge >= 0.3 is 5.97 Å². The molecule has 0 aliphatic carbocycles. The van der Waals surface area contributed by atoms with Gasteiger partial charge in [0, 0.05) is 6.42 Å². The van der Waals surface area contributed by atoms with Crippen molar-refractivity contribution in [3.05, 3.63) is 48.6 Å². The zero-order valence-electron chi connectivity index (χ0n) is 46.3. The summed E-state index contributed by atoms with van der Waals surface area (Å²) in [5.41, 5.74) is 0. The molecule has 0 aromatic carbocycles. The number of unbranched alkanes of at least 4 members (excludes halogenated alkanes) is 30. The van der Waals surface area contributed by atoms with E-state index in [-0.39, 0.29) is 19.4 Å². The van der Waals surface area contributed by atoms with E-state index in [2.05, 4.69) is 62.5 Å². The summed E-state index contributed by atoms with van der Waals surface area (Å²) >= 11 is 0. The van der Waals surface area contributed by atoms with Gasteiger partial charge in [0.15, 0.2) is 12.4 Å². The van der Waals surface area contributed by atoms with Gasteiger partial charge in [-0.3, -0.25) is 9.59 Å². The molecule has 1 fully saturated rings. The quantitative estimate of drug-likeness (QED) is 0.0195. The predicted octanol–water partition coefficient (Wildman–Crippen LogP) is 13.7. The molecular weight excluding hydrogens is 907 g/mol. The Kier molecular flexibility index (Phi) is 46.5. The first-order valence-corrected chi connectivity index (χ1v) is 29.9. The monoisotopic (exact) mass is 1020 g/mol. The molecule has 0 bridgehead atoms. The molecule has 6 N–H and O–H groups in total. The molecule has 8 atom stereocenters. The third-order valence-electron chi connectivity index (χ3n) is 14.0. The van der Waals surface area contributed by atoms with E-state index in [4.69, 9.17) is 14.2 Å². The maximum Gasteiger partial charge on any atom is 0.306 e. The van der Waals surface area contributed by atoms with Gasteiger partial charge in [0.05, 0.1) is 25.4 Å². The molecule has 1 amide bonds. The summed E-state index contributed by atoms with van der Waals surface area (Å²) in [6, 6.07) is -1.02. The molecule has 1 aliphatic rings. The SMILES string of the molecule is CCCC/C=C\CCCCCCCC(=O)OC1C(OCC(NC(=O)C(O)CCCCCCCCCCCC/C=C\C/C=C\CCCCC)C(O)/C=C/CCCCCCCCCCCC)OC(CO)C(O)C1O. The average Bonchev–Trinajstić information content (AvgIpc) is 3.38. The molecule has 72 heavy (non-hydrogen) atoms. The van der Waals surface area contributed by atoms with Crippen LogP contribution in [0.4, 0.5) is 0 Å². The summed E-state index contributed by atoms with van der Waals surface area (Å²) in [5, 5.41) is 56.8. The van der Waals surface area contributed by atoms with Crippen molar-refractivity contribution >= 4 is 11.9 Å². The first-order chi connectivity index (χ1) is 35.2. The number of aliphatic hydroxyl groups excluding tert-OH is 5. The van der Waals surface area contributed by atoms with E-state index in [0.717, 1.165) is 89.9 Å². The van der Waals surface area contributed by atoms with Gasteiger partial charge in [0.2, 0.25) is 5.91 Å². The molecule has 1 aliphatic heterocycles. The number of ether oxygens (including phenoxy) is 3. The molecule has 0 saturated carbocycles. The van der Waals surface area contributed by atoms with Gasteiger partial charge < -0.3 is 45.1 Å². The van der Waals surface area contributed by atoms with Crippen molar-refractivity contribution in [3.63, 3.8) is 0 Å². The summed E-state index contributed by atoms with van der Waals surface area (Å²) in [4.78, 5) is 26.4. The minimum absolute atomic E-state index is 0.113. The number of aliphatic hydroxyl groups is 5. The van der Waals surface area contributed by atoms with Gasteiger partial charge in [0.25, 0.3) is 0 Å². The van der Waals surface area contributed by atoms with Gasteiger partial charge in [-0.1, -0.05) is 230 Å². The van der Waals surface area contributed by atoms with Crippen LogP contribution in [0.1, 0.15) is 265 Å². The number of carbonyl (C=O) groups excluding carboxylic acids is 2. The van der Waals surface area contributed by atoms with Crippen LogP contribution in [0.5, 0.6) is 0 Å². The molecular formula is C61H111NO10. The highest BCUT2D eigenvalue weighted by atomic mass is 16.7. The van der Waals surface area contributed by atoms with Gasteiger partial charge in [-0.2, -0.15) is 0 Å². The van der Waals surface area contributed by atoms with Crippen LogP contribution in [0.2, 0.25) is 0 Å². The molecule has 0 radical (unpaired) electrons. The van der Waals surface area contributed by atoms with Crippen LogP contribution in [0.25, 0.3) is 0 Å². The Bertz CT molecular complexity index is 1350. The fraction of sp³-hybridized carbons (Fsp3) is 0.836. The van der Waals surface area contributed by atoms with E-state index in [9.17, 15) is 35.1 Å². The number of nitrogens with one attached hydrogen (secondary N) is 1. The second kappa shape index (κ2) is 49.5. The van der Waals surface area contributed by atoms with Gasteiger partial charge in [-0.25, -0.2) is 0 Å². The topological polar surface area (TPSA) is 175 Å². The van der Waals surface area contributed by atoms with E-state index in [1.54, 1.807) is 6.08 Å². The van der Waals surface area contributed by atoms with Crippen LogP contribution in [0.15, 0.2) is 48.6 Å². The highest BCUT2D eigenvalue weighted by molar-refractivity contribution is 5.80. The standard InChI is InChI=1S/C61H111NO10/c1-4-7-10-13-16-19-22-24-25-26-27-28-29-30-31-34-36-39-42-45-48-54(65)60(69)62-52(53(64)47-44-41-38-35-33-23-20-17-14-11-8-5-2)51-70-61-59(58(68)57(67)55(50-63)71-61)72-56(66)49-46-43-40-37-32-21-18-15-12-9-6-3/h15-16,18-19,24-25,44,47,52-55,57-59,61,63-65,67-68H,4-14,17,20-23,26-43,45-46,48-51H2,1-3H3,(H,62,69)/b18-15-,19-16-,25-24-,47-44+. The molecule has 1 heterocycles.